The summed E-state index contributed by atoms with van der Waals surface area (Å²) in [5, 5.41) is 2.87. The van der Waals surface area contributed by atoms with Gasteiger partial charge in [-0.05, 0) is 67.8 Å². The van der Waals surface area contributed by atoms with Crippen molar-refractivity contribution in [2.75, 3.05) is 17.1 Å². The molecule has 0 aliphatic carbocycles. The first kappa shape index (κ1) is 30.6. The average molecular weight is 570 g/mol. The van der Waals surface area contributed by atoms with Crippen LogP contribution in [-0.2, 0) is 32.8 Å². The van der Waals surface area contributed by atoms with Crippen molar-refractivity contribution in [3.63, 3.8) is 0 Å². The number of sulfonamides is 1. The topological polar surface area (TPSA) is 96.0 Å². The van der Waals surface area contributed by atoms with E-state index in [9.17, 15) is 22.4 Å². The molecule has 2 amide bonds. The lowest BCUT2D eigenvalue weighted by Gasteiger charge is -2.32. The number of hydrogen-bond acceptors (Lipinski definition) is 5. The minimum absolute atomic E-state index is 0.00191. The Bertz CT molecular complexity index is 1370. The zero-order valence-electron chi connectivity index (χ0n) is 23.2. The number of carbonyl (C=O) groups excluding carboxylic acids is 2. The molecule has 0 fully saturated rings. The van der Waals surface area contributed by atoms with Gasteiger partial charge in [-0.3, -0.25) is 13.9 Å². The molecular formula is C30H36FN3O5S. The Morgan fingerprint density at radius 3 is 2.12 bits per heavy atom. The van der Waals surface area contributed by atoms with Crippen molar-refractivity contribution in [3.05, 3.63) is 95.8 Å². The molecule has 0 radical (unpaired) electrons. The summed E-state index contributed by atoms with van der Waals surface area (Å²) in [6, 6.07) is 20.6. The molecule has 1 N–H and O–H groups in total. The summed E-state index contributed by atoms with van der Waals surface area (Å²) in [4.78, 5) is 27.9. The SMILES string of the molecule is CCC(C)NC(=O)C(C)N(Cc1ccc(F)cc1)C(=O)CN(c1ccc(OCc2ccccc2)cc1)S(C)(=O)=O. The summed E-state index contributed by atoms with van der Waals surface area (Å²) in [6.07, 6.45) is 1.72. The molecular weight excluding hydrogens is 533 g/mol. The van der Waals surface area contributed by atoms with E-state index in [1.54, 1.807) is 31.2 Å². The maximum atomic E-state index is 13.6. The van der Waals surface area contributed by atoms with E-state index in [0.717, 1.165) is 16.1 Å². The predicted molar refractivity (Wildman–Crippen MR) is 154 cm³/mol. The summed E-state index contributed by atoms with van der Waals surface area (Å²) >= 11 is 0. The molecule has 0 spiro atoms. The normalized spacial score (nSPS) is 12.7. The second kappa shape index (κ2) is 13.9. The molecule has 0 saturated heterocycles. The molecule has 0 aliphatic heterocycles. The molecule has 3 aromatic rings. The van der Waals surface area contributed by atoms with Crippen LogP contribution in [0.1, 0.15) is 38.3 Å². The molecule has 2 unspecified atom stereocenters. The molecule has 8 nitrogen and oxygen atoms in total. The van der Waals surface area contributed by atoms with E-state index in [1.807, 2.05) is 44.2 Å². The van der Waals surface area contributed by atoms with Crippen molar-refractivity contribution in [1.29, 1.82) is 0 Å². The van der Waals surface area contributed by atoms with E-state index in [2.05, 4.69) is 5.32 Å². The van der Waals surface area contributed by atoms with E-state index >= 15 is 0 Å². The van der Waals surface area contributed by atoms with Crippen LogP contribution in [0.15, 0.2) is 78.9 Å². The lowest BCUT2D eigenvalue weighted by atomic mass is 10.1. The van der Waals surface area contributed by atoms with Gasteiger partial charge >= 0.3 is 0 Å². The van der Waals surface area contributed by atoms with E-state index in [4.69, 9.17) is 4.74 Å². The predicted octanol–water partition coefficient (Wildman–Crippen LogP) is 4.50. The number of benzene rings is 3. The number of hydrogen-bond donors (Lipinski definition) is 1. The fraction of sp³-hybridized carbons (Fsp3) is 0.333. The maximum absolute atomic E-state index is 13.6. The van der Waals surface area contributed by atoms with Crippen LogP contribution in [0.3, 0.4) is 0 Å². The van der Waals surface area contributed by atoms with Crippen LogP contribution in [-0.4, -0.2) is 50.0 Å². The van der Waals surface area contributed by atoms with Gasteiger partial charge in [-0.15, -0.1) is 0 Å². The van der Waals surface area contributed by atoms with Crippen LogP contribution >= 0.6 is 0 Å². The van der Waals surface area contributed by atoms with E-state index in [1.165, 1.54) is 29.2 Å². The van der Waals surface area contributed by atoms with Crippen LogP contribution in [0, 0.1) is 5.82 Å². The van der Waals surface area contributed by atoms with Gasteiger partial charge < -0.3 is 15.0 Å². The van der Waals surface area contributed by atoms with Gasteiger partial charge in [0, 0.05) is 12.6 Å². The zero-order valence-corrected chi connectivity index (χ0v) is 24.0. The van der Waals surface area contributed by atoms with Gasteiger partial charge in [-0.2, -0.15) is 0 Å². The lowest BCUT2D eigenvalue weighted by molar-refractivity contribution is -0.139. The molecule has 0 heterocycles. The molecule has 10 heteroatoms. The maximum Gasteiger partial charge on any atom is 0.244 e. The molecule has 0 saturated carbocycles. The largest absolute Gasteiger partial charge is 0.489 e. The smallest absolute Gasteiger partial charge is 0.244 e. The van der Waals surface area contributed by atoms with Gasteiger partial charge in [0.15, 0.2) is 0 Å². The third kappa shape index (κ3) is 8.81. The van der Waals surface area contributed by atoms with Crippen molar-refractivity contribution in [2.24, 2.45) is 0 Å². The fourth-order valence-corrected chi connectivity index (χ4v) is 4.75. The zero-order chi connectivity index (χ0) is 29.3. The molecule has 0 aliphatic rings. The standard InChI is InChI=1S/C30H36FN3O5S/c1-5-22(2)32-30(36)23(3)33(19-24-11-13-26(31)14-12-24)29(35)20-34(40(4,37)38)27-15-17-28(18-16-27)39-21-25-9-7-6-8-10-25/h6-18,22-23H,5,19-21H2,1-4H3,(H,32,36). The highest BCUT2D eigenvalue weighted by molar-refractivity contribution is 7.92. The Morgan fingerprint density at radius 2 is 1.55 bits per heavy atom. The van der Waals surface area contributed by atoms with E-state index < -0.39 is 34.3 Å². The Balaban J connectivity index is 1.81. The van der Waals surface area contributed by atoms with Crippen molar-refractivity contribution >= 4 is 27.5 Å². The van der Waals surface area contributed by atoms with Crippen LogP contribution in [0.25, 0.3) is 0 Å². The van der Waals surface area contributed by atoms with Crippen molar-refractivity contribution in [3.8, 4) is 5.75 Å². The number of nitrogens with zero attached hydrogens (tertiary/aromatic N) is 2. The van der Waals surface area contributed by atoms with Gasteiger partial charge in [-0.25, -0.2) is 12.8 Å². The highest BCUT2D eigenvalue weighted by Crippen LogP contribution is 2.23. The van der Waals surface area contributed by atoms with Gasteiger partial charge in [0.1, 0.15) is 30.8 Å². The number of carbonyl (C=O) groups is 2. The quantitative estimate of drug-likeness (QED) is 0.327. The average Bonchev–Trinajstić information content (AvgIpc) is 2.94. The minimum atomic E-state index is -3.87. The second-order valence-corrected chi connectivity index (χ2v) is 11.6. The fourth-order valence-electron chi connectivity index (χ4n) is 3.90. The van der Waals surface area contributed by atoms with Crippen molar-refractivity contribution < 1.29 is 27.1 Å². The molecule has 0 aromatic heterocycles. The van der Waals surface area contributed by atoms with Gasteiger partial charge in [-0.1, -0.05) is 49.4 Å². The highest BCUT2D eigenvalue weighted by Gasteiger charge is 2.30. The lowest BCUT2D eigenvalue weighted by Crippen LogP contribution is -2.52. The van der Waals surface area contributed by atoms with Gasteiger partial charge in [0.2, 0.25) is 21.8 Å². The van der Waals surface area contributed by atoms with E-state index in [0.29, 0.717) is 24.3 Å². The van der Waals surface area contributed by atoms with Crippen LogP contribution < -0.4 is 14.4 Å². The summed E-state index contributed by atoms with van der Waals surface area (Å²) in [5.41, 5.74) is 1.87. The molecule has 3 rings (SSSR count). The summed E-state index contributed by atoms with van der Waals surface area (Å²) in [6.45, 7) is 5.20. The van der Waals surface area contributed by atoms with E-state index in [-0.39, 0.29) is 24.2 Å². The number of halogens is 1. The number of anilines is 1. The third-order valence-corrected chi connectivity index (χ3v) is 7.63. The van der Waals surface area contributed by atoms with Crippen LogP contribution in [0.4, 0.5) is 10.1 Å². The van der Waals surface area contributed by atoms with Gasteiger partial charge in [0.25, 0.3) is 0 Å². The Hall–Kier alpha value is -3.92. The summed E-state index contributed by atoms with van der Waals surface area (Å²) < 4.78 is 45.8. The Morgan fingerprint density at radius 1 is 0.925 bits per heavy atom. The molecule has 214 valence electrons. The minimum Gasteiger partial charge on any atom is -0.489 e. The first-order valence-corrected chi connectivity index (χ1v) is 14.9. The first-order chi connectivity index (χ1) is 19.0. The highest BCUT2D eigenvalue weighted by atomic mass is 32.2. The summed E-state index contributed by atoms with van der Waals surface area (Å²) in [7, 11) is -3.87. The van der Waals surface area contributed by atoms with Crippen molar-refractivity contribution in [2.45, 2.75) is 52.4 Å². The molecule has 2 atom stereocenters. The van der Waals surface area contributed by atoms with Crippen LogP contribution in [0.5, 0.6) is 5.75 Å². The monoisotopic (exact) mass is 569 g/mol. The van der Waals surface area contributed by atoms with Crippen LogP contribution in [0.2, 0.25) is 0 Å². The first-order valence-electron chi connectivity index (χ1n) is 13.1. The van der Waals surface area contributed by atoms with Crippen molar-refractivity contribution in [1.82, 2.24) is 10.2 Å². The summed E-state index contributed by atoms with van der Waals surface area (Å²) in [5.74, 6) is -0.828. The molecule has 3 aromatic carbocycles. The van der Waals surface area contributed by atoms with Gasteiger partial charge in [0.05, 0.1) is 11.9 Å². The molecule has 0 bridgehead atoms. The number of ether oxygens (including phenoxy) is 1. The molecule has 40 heavy (non-hydrogen) atoms. The third-order valence-electron chi connectivity index (χ3n) is 6.49. The number of amides is 2. The second-order valence-electron chi connectivity index (χ2n) is 9.68. The number of rotatable bonds is 13. The number of nitrogens with one attached hydrogen (secondary N) is 1. The Labute approximate surface area is 235 Å². The Kier molecular flexibility index (Phi) is 10.7.